The van der Waals surface area contributed by atoms with E-state index in [0.717, 1.165) is 19.3 Å². The third kappa shape index (κ3) is 2.09. The lowest BCUT2D eigenvalue weighted by molar-refractivity contribution is -0.125. The number of halogens is 1. The van der Waals surface area contributed by atoms with Crippen LogP contribution in [0.5, 0.6) is 0 Å². The lowest BCUT2D eigenvalue weighted by atomic mass is 9.83. The molecule has 2 aliphatic heterocycles. The standard InChI is InChI=1S/C14H15FN2O2/c15-10-5-3-4-9(8-10)12-11-6-1-2-7-17(11)14(19)16-13(12)18/h3-5,8,11-12H,1-2,6-7H2,(H,16,18,19)/t11-,12-/m0/s1. The minimum absolute atomic E-state index is 0.142. The first-order valence-corrected chi connectivity index (χ1v) is 6.54. The second-order valence-electron chi connectivity index (χ2n) is 5.08. The maximum absolute atomic E-state index is 13.3. The molecule has 0 bridgehead atoms. The summed E-state index contributed by atoms with van der Waals surface area (Å²) >= 11 is 0. The molecule has 2 fully saturated rings. The van der Waals surface area contributed by atoms with E-state index in [4.69, 9.17) is 0 Å². The van der Waals surface area contributed by atoms with Crippen molar-refractivity contribution in [3.8, 4) is 0 Å². The average Bonchev–Trinajstić information content (AvgIpc) is 2.39. The third-order valence-electron chi connectivity index (χ3n) is 3.92. The number of nitrogens with zero attached hydrogens (tertiary/aromatic N) is 1. The Bertz CT molecular complexity index is 532. The summed E-state index contributed by atoms with van der Waals surface area (Å²) in [6.07, 6.45) is 2.74. The molecule has 3 amide bonds. The summed E-state index contributed by atoms with van der Waals surface area (Å²) in [5, 5.41) is 2.37. The minimum Gasteiger partial charge on any atom is -0.320 e. The van der Waals surface area contributed by atoms with Gasteiger partial charge in [0.15, 0.2) is 0 Å². The maximum Gasteiger partial charge on any atom is 0.324 e. The van der Waals surface area contributed by atoms with Crippen molar-refractivity contribution in [2.75, 3.05) is 6.54 Å². The van der Waals surface area contributed by atoms with E-state index in [1.165, 1.54) is 12.1 Å². The number of amides is 3. The Kier molecular flexibility index (Phi) is 2.97. The molecular formula is C14H15FN2O2. The summed E-state index contributed by atoms with van der Waals surface area (Å²) in [6.45, 7) is 0.662. The molecule has 1 N–H and O–H groups in total. The number of imide groups is 1. The van der Waals surface area contributed by atoms with Gasteiger partial charge in [-0.05, 0) is 37.0 Å². The number of fused-ring (bicyclic) bond motifs is 1. The van der Waals surface area contributed by atoms with Crippen molar-refractivity contribution in [2.24, 2.45) is 0 Å². The smallest absolute Gasteiger partial charge is 0.320 e. The second-order valence-corrected chi connectivity index (χ2v) is 5.08. The first-order valence-electron chi connectivity index (χ1n) is 6.54. The number of rotatable bonds is 1. The van der Waals surface area contributed by atoms with Crippen molar-refractivity contribution in [3.05, 3.63) is 35.6 Å². The van der Waals surface area contributed by atoms with E-state index >= 15 is 0 Å². The molecule has 100 valence electrons. The molecule has 1 aromatic carbocycles. The van der Waals surface area contributed by atoms with E-state index in [1.54, 1.807) is 17.0 Å². The Hall–Kier alpha value is -1.91. The van der Waals surface area contributed by atoms with Crippen LogP contribution in [-0.4, -0.2) is 29.4 Å². The fourth-order valence-electron chi connectivity index (χ4n) is 3.06. The third-order valence-corrected chi connectivity index (χ3v) is 3.92. The first-order chi connectivity index (χ1) is 9.16. The molecule has 2 aliphatic rings. The highest BCUT2D eigenvalue weighted by atomic mass is 19.1. The Morgan fingerprint density at radius 3 is 2.89 bits per heavy atom. The number of hydrogen-bond acceptors (Lipinski definition) is 2. The zero-order valence-electron chi connectivity index (χ0n) is 10.4. The van der Waals surface area contributed by atoms with Crippen LogP contribution in [0.15, 0.2) is 24.3 Å². The number of carbonyl (C=O) groups is 2. The highest BCUT2D eigenvalue weighted by Crippen LogP contribution is 2.33. The SMILES string of the molecule is O=C1NC(=O)N2CCCC[C@H]2[C@@H]1c1cccc(F)c1. The topological polar surface area (TPSA) is 49.4 Å². The number of nitrogens with one attached hydrogen (secondary N) is 1. The summed E-state index contributed by atoms with van der Waals surface area (Å²) in [5.41, 5.74) is 0.641. The molecule has 3 rings (SSSR count). The molecule has 2 atom stereocenters. The van der Waals surface area contributed by atoms with Crippen LogP contribution in [0.3, 0.4) is 0 Å². The van der Waals surface area contributed by atoms with Crippen molar-refractivity contribution in [3.63, 3.8) is 0 Å². The molecule has 0 aromatic heterocycles. The van der Waals surface area contributed by atoms with Gasteiger partial charge in [0.25, 0.3) is 0 Å². The molecule has 0 spiro atoms. The van der Waals surface area contributed by atoms with Gasteiger partial charge in [0.1, 0.15) is 5.82 Å². The van der Waals surface area contributed by atoms with E-state index in [-0.39, 0.29) is 23.8 Å². The van der Waals surface area contributed by atoms with Crippen LogP contribution < -0.4 is 5.32 Å². The average molecular weight is 262 g/mol. The molecule has 0 saturated carbocycles. The van der Waals surface area contributed by atoms with Crippen molar-refractivity contribution >= 4 is 11.9 Å². The van der Waals surface area contributed by atoms with E-state index in [9.17, 15) is 14.0 Å². The number of urea groups is 1. The van der Waals surface area contributed by atoms with Crippen molar-refractivity contribution < 1.29 is 14.0 Å². The molecule has 4 nitrogen and oxygen atoms in total. The predicted molar refractivity (Wildman–Crippen MR) is 67.0 cm³/mol. The quantitative estimate of drug-likeness (QED) is 0.841. The largest absolute Gasteiger partial charge is 0.324 e. The van der Waals surface area contributed by atoms with Gasteiger partial charge in [0.2, 0.25) is 5.91 Å². The van der Waals surface area contributed by atoms with Crippen LogP contribution in [0.25, 0.3) is 0 Å². The van der Waals surface area contributed by atoms with Crippen LogP contribution in [0.2, 0.25) is 0 Å². The van der Waals surface area contributed by atoms with E-state index < -0.39 is 5.92 Å². The van der Waals surface area contributed by atoms with Crippen LogP contribution in [-0.2, 0) is 4.79 Å². The Balaban J connectivity index is 1.98. The van der Waals surface area contributed by atoms with Crippen molar-refractivity contribution in [2.45, 2.75) is 31.2 Å². The van der Waals surface area contributed by atoms with Gasteiger partial charge in [-0.15, -0.1) is 0 Å². The van der Waals surface area contributed by atoms with E-state index in [2.05, 4.69) is 5.32 Å². The lowest BCUT2D eigenvalue weighted by Crippen LogP contribution is -2.60. The molecule has 2 saturated heterocycles. The normalized spacial score (nSPS) is 26.9. The zero-order chi connectivity index (χ0) is 13.4. The van der Waals surface area contributed by atoms with Gasteiger partial charge in [-0.1, -0.05) is 12.1 Å². The van der Waals surface area contributed by atoms with Crippen LogP contribution in [0, 0.1) is 5.82 Å². The molecule has 0 radical (unpaired) electrons. The number of benzene rings is 1. The number of piperidine rings is 1. The molecule has 19 heavy (non-hydrogen) atoms. The fourth-order valence-corrected chi connectivity index (χ4v) is 3.06. The van der Waals surface area contributed by atoms with Crippen molar-refractivity contribution in [1.29, 1.82) is 0 Å². The zero-order valence-corrected chi connectivity index (χ0v) is 10.4. The van der Waals surface area contributed by atoms with Gasteiger partial charge >= 0.3 is 6.03 Å². The Morgan fingerprint density at radius 1 is 1.26 bits per heavy atom. The summed E-state index contributed by atoms with van der Waals surface area (Å²) in [6, 6.07) is 5.62. The predicted octanol–water partition coefficient (Wildman–Crippen LogP) is 2.01. The highest BCUT2D eigenvalue weighted by molar-refractivity contribution is 6.01. The van der Waals surface area contributed by atoms with Gasteiger partial charge in [-0.2, -0.15) is 0 Å². The lowest BCUT2D eigenvalue weighted by Gasteiger charge is -2.43. The van der Waals surface area contributed by atoms with Gasteiger partial charge in [-0.25, -0.2) is 9.18 Å². The number of hydrogen-bond donors (Lipinski definition) is 1. The van der Waals surface area contributed by atoms with Gasteiger partial charge in [-0.3, -0.25) is 10.1 Å². The minimum atomic E-state index is -0.464. The van der Waals surface area contributed by atoms with Crippen LogP contribution >= 0.6 is 0 Å². The Labute approximate surface area is 110 Å². The van der Waals surface area contributed by atoms with E-state index in [1.807, 2.05) is 0 Å². The van der Waals surface area contributed by atoms with E-state index in [0.29, 0.717) is 12.1 Å². The van der Waals surface area contributed by atoms with Gasteiger partial charge in [0, 0.05) is 12.6 Å². The molecule has 5 heteroatoms. The summed E-state index contributed by atoms with van der Waals surface area (Å²) in [4.78, 5) is 25.6. The van der Waals surface area contributed by atoms with Crippen LogP contribution in [0.4, 0.5) is 9.18 Å². The van der Waals surface area contributed by atoms with Crippen molar-refractivity contribution in [1.82, 2.24) is 10.2 Å². The van der Waals surface area contributed by atoms with Gasteiger partial charge < -0.3 is 4.90 Å². The first kappa shape index (κ1) is 12.1. The maximum atomic E-state index is 13.3. The summed E-state index contributed by atoms with van der Waals surface area (Å²) in [5.74, 6) is -1.14. The highest BCUT2D eigenvalue weighted by Gasteiger charge is 2.42. The molecule has 0 aliphatic carbocycles. The molecule has 1 aromatic rings. The Morgan fingerprint density at radius 2 is 2.11 bits per heavy atom. The van der Waals surface area contributed by atoms with Crippen LogP contribution in [0.1, 0.15) is 30.7 Å². The summed E-state index contributed by atoms with van der Waals surface area (Å²) in [7, 11) is 0. The molecule has 0 unspecified atom stereocenters. The number of carbonyl (C=O) groups excluding carboxylic acids is 2. The molecular weight excluding hydrogens is 247 g/mol. The van der Waals surface area contributed by atoms with Gasteiger partial charge in [0.05, 0.1) is 5.92 Å². The monoisotopic (exact) mass is 262 g/mol. The second kappa shape index (κ2) is 4.64. The summed E-state index contributed by atoms with van der Waals surface area (Å²) < 4.78 is 13.3. The molecule has 2 heterocycles. The fraction of sp³-hybridized carbons (Fsp3) is 0.429.